The molecule has 3 unspecified atom stereocenters. The third-order valence-corrected chi connectivity index (χ3v) is 7.34. The fraction of sp³-hybridized carbons (Fsp3) is 0.600. The van der Waals surface area contributed by atoms with Gasteiger partial charge in [-0.3, -0.25) is 9.58 Å². The molecule has 172 valence electrons. The maximum absolute atomic E-state index is 12.5. The van der Waals surface area contributed by atoms with Crippen LogP contribution in [0.1, 0.15) is 64.0 Å². The number of methoxy groups -OCH3 is 1. The lowest BCUT2D eigenvalue weighted by Gasteiger charge is -2.37. The average molecular weight is 439 g/mol. The van der Waals surface area contributed by atoms with E-state index >= 15 is 0 Å². The Morgan fingerprint density at radius 3 is 2.75 bits per heavy atom. The van der Waals surface area contributed by atoms with Crippen molar-refractivity contribution in [1.82, 2.24) is 15.1 Å². The zero-order valence-corrected chi connectivity index (χ0v) is 19.3. The third-order valence-electron chi connectivity index (χ3n) is 7.34. The van der Waals surface area contributed by atoms with E-state index in [4.69, 9.17) is 14.6 Å². The van der Waals surface area contributed by atoms with Gasteiger partial charge in [0.1, 0.15) is 5.75 Å². The number of nitrogens with one attached hydrogen (secondary N) is 1. The number of amides is 1. The second-order valence-corrected chi connectivity index (χ2v) is 9.58. The molecular weight excluding hydrogens is 404 g/mol. The highest BCUT2D eigenvalue weighted by Crippen LogP contribution is 2.45. The summed E-state index contributed by atoms with van der Waals surface area (Å²) in [5, 5.41) is 8.25. The van der Waals surface area contributed by atoms with E-state index in [0.717, 1.165) is 73.2 Å². The Morgan fingerprint density at radius 1 is 1.19 bits per heavy atom. The van der Waals surface area contributed by atoms with Crippen molar-refractivity contribution in [3.8, 4) is 16.9 Å². The summed E-state index contributed by atoms with van der Waals surface area (Å²) < 4.78 is 13.8. The Labute approximate surface area is 190 Å². The van der Waals surface area contributed by atoms with E-state index in [0.29, 0.717) is 12.1 Å². The van der Waals surface area contributed by atoms with Crippen molar-refractivity contribution in [2.75, 3.05) is 18.6 Å². The van der Waals surface area contributed by atoms with Gasteiger partial charge in [-0.2, -0.15) is 5.10 Å². The van der Waals surface area contributed by atoms with E-state index in [1.54, 1.807) is 4.90 Å². The lowest BCUT2D eigenvalue weighted by Crippen LogP contribution is -2.42. The van der Waals surface area contributed by atoms with Crippen LogP contribution in [0, 0.1) is 0 Å². The van der Waals surface area contributed by atoms with E-state index in [1.807, 2.05) is 6.20 Å². The van der Waals surface area contributed by atoms with Crippen molar-refractivity contribution >= 4 is 11.8 Å². The minimum atomic E-state index is -0.311. The molecule has 0 spiro atoms. The molecule has 2 aliphatic heterocycles. The monoisotopic (exact) mass is 438 g/mol. The van der Waals surface area contributed by atoms with Crippen LogP contribution in [0.4, 0.5) is 10.5 Å². The first-order valence-corrected chi connectivity index (χ1v) is 12.0. The summed E-state index contributed by atoms with van der Waals surface area (Å²) in [6.45, 7) is 5.33. The zero-order chi connectivity index (χ0) is 22.2. The molecule has 32 heavy (non-hydrogen) atoms. The molecule has 1 saturated carbocycles. The molecule has 0 radical (unpaired) electrons. The van der Waals surface area contributed by atoms with Crippen LogP contribution in [0.5, 0.6) is 5.75 Å². The molecule has 7 heteroatoms. The van der Waals surface area contributed by atoms with Crippen molar-refractivity contribution in [1.29, 1.82) is 0 Å². The van der Waals surface area contributed by atoms with Gasteiger partial charge in [-0.15, -0.1) is 0 Å². The number of carbonyl (C=O) groups is 1. The smallest absolute Gasteiger partial charge is 0.414 e. The molecule has 5 rings (SSSR count). The van der Waals surface area contributed by atoms with Crippen LogP contribution in [0.25, 0.3) is 11.1 Å². The predicted molar refractivity (Wildman–Crippen MR) is 124 cm³/mol. The fourth-order valence-electron chi connectivity index (χ4n) is 5.22. The maximum Gasteiger partial charge on any atom is 0.414 e. The number of rotatable bonds is 4. The summed E-state index contributed by atoms with van der Waals surface area (Å²) >= 11 is 0. The topological polar surface area (TPSA) is 68.6 Å². The molecular formula is C25H34N4O3. The van der Waals surface area contributed by atoms with Crippen LogP contribution in [0.15, 0.2) is 24.5 Å². The van der Waals surface area contributed by atoms with E-state index in [1.165, 1.54) is 13.5 Å². The van der Waals surface area contributed by atoms with Gasteiger partial charge in [0.05, 0.1) is 31.1 Å². The maximum atomic E-state index is 12.5. The molecule has 1 amide bonds. The number of carbonyl (C=O) groups excluding carboxylic acids is 1. The number of nitrogens with zero attached hydrogens (tertiary/aromatic N) is 3. The van der Waals surface area contributed by atoms with E-state index in [2.05, 4.69) is 42.2 Å². The first-order chi connectivity index (χ1) is 15.5. The molecule has 3 aliphatic rings. The Morgan fingerprint density at radius 2 is 2.03 bits per heavy atom. The van der Waals surface area contributed by atoms with Gasteiger partial charge in [-0.05, 0) is 77.5 Å². The van der Waals surface area contributed by atoms with Gasteiger partial charge in [0.15, 0.2) is 0 Å². The fourth-order valence-corrected chi connectivity index (χ4v) is 5.22. The minimum absolute atomic E-state index is 0.0991. The summed E-state index contributed by atoms with van der Waals surface area (Å²) in [5.74, 6) is 0.922. The number of hydrogen-bond donors (Lipinski definition) is 1. The molecule has 3 heterocycles. The number of hydrogen-bond acceptors (Lipinski definition) is 5. The predicted octanol–water partition coefficient (Wildman–Crippen LogP) is 4.70. The van der Waals surface area contributed by atoms with Crippen LogP contribution in [0.3, 0.4) is 0 Å². The molecule has 2 fully saturated rings. The average Bonchev–Trinajstić information content (AvgIpc) is 3.25. The van der Waals surface area contributed by atoms with Crippen molar-refractivity contribution in [3.63, 3.8) is 0 Å². The summed E-state index contributed by atoms with van der Waals surface area (Å²) in [7, 11) is 1.44. The van der Waals surface area contributed by atoms with Gasteiger partial charge in [-0.25, -0.2) is 4.79 Å². The van der Waals surface area contributed by atoms with Gasteiger partial charge >= 0.3 is 6.09 Å². The van der Waals surface area contributed by atoms with Gasteiger partial charge < -0.3 is 14.8 Å². The first-order valence-electron chi connectivity index (χ1n) is 12.0. The number of ether oxygens (including phenoxy) is 2. The lowest BCUT2D eigenvalue weighted by molar-refractivity contribution is 0.119. The second kappa shape index (κ2) is 8.77. The van der Waals surface area contributed by atoms with Crippen LogP contribution in [-0.2, 0) is 11.2 Å². The Bertz CT molecular complexity index is 984. The normalized spacial score (nSPS) is 25.7. The Balaban J connectivity index is 1.53. The zero-order valence-electron chi connectivity index (χ0n) is 19.3. The molecule has 1 N–H and O–H groups in total. The SMILES string of the molecule is COC(=O)N1c2ccc(-c3cnn(C4CCNC(C)C4)c3)c(OC3CCC3)c2CCC1C. The lowest BCUT2D eigenvalue weighted by atomic mass is 9.91. The molecule has 1 aromatic heterocycles. The van der Waals surface area contributed by atoms with Crippen LogP contribution in [-0.4, -0.2) is 47.7 Å². The second-order valence-electron chi connectivity index (χ2n) is 9.58. The number of piperidine rings is 1. The molecule has 3 atom stereocenters. The number of aromatic nitrogens is 2. The summed E-state index contributed by atoms with van der Waals surface area (Å²) in [4.78, 5) is 14.3. The highest BCUT2D eigenvalue weighted by molar-refractivity contribution is 5.92. The van der Waals surface area contributed by atoms with Crippen molar-refractivity contribution in [2.24, 2.45) is 0 Å². The summed E-state index contributed by atoms with van der Waals surface area (Å²) in [6.07, 6.45) is 11.4. The molecule has 0 bridgehead atoms. The quantitative estimate of drug-likeness (QED) is 0.749. The number of benzene rings is 1. The molecule has 2 aromatic rings. The van der Waals surface area contributed by atoms with E-state index in [-0.39, 0.29) is 18.2 Å². The van der Waals surface area contributed by atoms with E-state index < -0.39 is 0 Å². The van der Waals surface area contributed by atoms with Crippen LogP contribution >= 0.6 is 0 Å². The summed E-state index contributed by atoms with van der Waals surface area (Å²) in [5.41, 5.74) is 4.18. The highest BCUT2D eigenvalue weighted by Gasteiger charge is 2.33. The largest absolute Gasteiger partial charge is 0.489 e. The standard InChI is InChI=1S/C25H34N4O3/c1-16-13-19(11-12-26-16)28-15-18(14-27-28)21-9-10-23-22(24(21)32-20-5-4-6-20)8-7-17(2)29(23)25(30)31-3/h9-10,14-17,19-20,26H,4-8,11-13H2,1-3H3. The van der Waals surface area contributed by atoms with Crippen LogP contribution in [0.2, 0.25) is 0 Å². The molecule has 1 aliphatic carbocycles. The number of fused-ring (bicyclic) bond motifs is 1. The molecule has 7 nitrogen and oxygen atoms in total. The van der Waals surface area contributed by atoms with Gasteiger partial charge in [0, 0.05) is 35.0 Å². The molecule has 1 saturated heterocycles. The minimum Gasteiger partial charge on any atom is -0.489 e. The third kappa shape index (κ3) is 3.87. The van der Waals surface area contributed by atoms with Crippen molar-refractivity contribution in [2.45, 2.75) is 83.0 Å². The molecule has 1 aromatic carbocycles. The van der Waals surface area contributed by atoms with Crippen molar-refractivity contribution < 1.29 is 14.3 Å². The highest BCUT2D eigenvalue weighted by atomic mass is 16.5. The van der Waals surface area contributed by atoms with Gasteiger partial charge in [0.25, 0.3) is 0 Å². The Hall–Kier alpha value is -2.54. The van der Waals surface area contributed by atoms with Crippen molar-refractivity contribution in [3.05, 3.63) is 30.1 Å². The van der Waals surface area contributed by atoms with Gasteiger partial charge in [0.2, 0.25) is 0 Å². The summed E-state index contributed by atoms with van der Waals surface area (Å²) in [6, 6.07) is 5.17. The Kier molecular flexibility index (Phi) is 5.84. The van der Waals surface area contributed by atoms with E-state index in [9.17, 15) is 4.79 Å². The van der Waals surface area contributed by atoms with Crippen LogP contribution < -0.4 is 15.0 Å². The number of anilines is 1. The first kappa shape index (κ1) is 21.3. The van der Waals surface area contributed by atoms with Gasteiger partial charge in [-0.1, -0.05) is 0 Å².